The molecular weight excluding hydrogens is 358 g/mol. The van der Waals surface area contributed by atoms with E-state index in [4.69, 9.17) is 9.15 Å². The molecule has 0 bridgehead atoms. The van der Waals surface area contributed by atoms with Crippen LogP contribution in [0.4, 0.5) is 5.69 Å². The minimum atomic E-state index is -0.489. The first-order valence-corrected chi connectivity index (χ1v) is 8.55. The second kappa shape index (κ2) is 8.26. The summed E-state index contributed by atoms with van der Waals surface area (Å²) in [7, 11) is 0. The van der Waals surface area contributed by atoms with Gasteiger partial charge in [0.05, 0.1) is 10.5 Å². The highest BCUT2D eigenvalue weighted by molar-refractivity contribution is 7.99. The maximum Gasteiger partial charge on any atom is 0.338 e. The number of nitro groups is 1. The maximum atomic E-state index is 11.8. The number of benzene rings is 2. The molecule has 9 heteroatoms. The molecule has 26 heavy (non-hydrogen) atoms. The molecule has 0 radical (unpaired) electrons. The standard InChI is InChI=1S/C17H13N3O5S/c21-16(12-5-2-1-3-6-12)24-9-10-26-17-19-18-15(25-17)13-7-4-8-14(11-13)20(22)23/h1-8,11H,9-10H2. The van der Waals surface area contributed by atoms with Gasteiger partial charge in [0.2, 0.25) is 5.89 Å². The van der Waals surface area contributed by atoms with Crippen molar-refractivity contribution in [2.24, 2.45) is 0 Å². The number of hydrogen-bond donors (Lipinski definition) is 0. The lowest BCUT2D eigenvalue weighted by molar-refractivity contribution is -0.384. The van der Waals surface area contributed by atoms with Gasteiger partial charge in [0, 0.05) is 23.4 Å². The Morgan fingerprint density at radius 3 is 2.73 bits per heavy atom. The summed E-state index contributed by atoms with van der Waals surface area (Å²) < 4.78 is 10.6. The van der Waals surface area contributed by atoms with Crippen molar-refractivity contribution in [2.45, 2.75) is 5.22 Å². The van der Waals surface area contributed by atoms with Crippen LogP contribution in [-0.4, -0.2) is 33.4 Å². The van der Waals surface area contributed by atoms with Gasteiger partial charge < -0.3 is 9.15 Å². The topological polar surface area (TPSA) is 108 Å². The van der Waals surface area contributed by atoms with Crippen LogP contribution < -0.4 is 0 Å². The van der Waals surface area contributed by atoms with E-state index in [1.165, 1.54) is 23.9 Å². The minimum Gasteiger partial charge on any atom is -0.461 e. The third kappa shape index (κ3) is 4.45. The summed E-state index contributed by atoms with van der Waals surface area (Å²) in [5.74, 6) is 0.237. The summed E-state index contributed by atoms with van der Waals surface area (Å²) in [6.07, 6.45) is 0. The van der Waals surface area contributed by atoms with Crippen molar-refractivity contribution in [3.8, 4) is 11.5 Å². The number of carbonyl (C=O) groups excluding carboxylic acids is 1. The van der Waals surface area contributed by atoms with Crippen molar-refractivity contribution < 1.29 is 18.9 Å². The van der Waals surface area contributed by atoms with Crippen LogP contribution in [0.1, 0.15) is 10.4 Å². The van der Waals surface area contributed by atoms with Gasteiger partial charge in [-0.15, -0.1) is 10.2 Å². The number of aromatic nitrogens is 2. The van der Waals surface area contributed by atoms with Crippen LogP contribution in [0.15, 0.2) is 64.2 Å². The molecule has 0 aliphatic rings. The second-order valence-electron chi connectivity index (χ2n) is 5.03. The van der Waals surface area contributed by atoms with Gasteiger partial charge in [-0.3, -0.25) is 10.1 Å². The number of hydrogen-bond acceptors (Lipinski definition) is 8. The van der Waals surface area contributed by atoms with Gasteiger partial charge in [-0.1, -0.05) is 36.0 Å². The van der Waals surface area contributed by atoms with Gasteiger partial charge in [-0.25, -0.2) is 4.79 Å². The van der Waals surface area contributed by atoms with Crippen molar-refractivity contribution in [1.82, 2.24) is 10.2 Å². The van der Waals surface area contributed by atoms with Crippen LogP contribution in [-0.2, 0) is 4.74 Å². The zero-order chi connectivity index (χ0) is 18.4. The third-order valence-electron chi connectivity index (χ3n) is 3.26. The van der Waals surface area contributed by atoms with Gasteiger partial charge >= 0.3 is 5.97 Å². The predicted molar refractivity (Wildman–Crippen MR) is 93.8 cm³/mol. The molecular formula is C17H13N3O5S. The first-order valence-electron chi connectivity index (χ1n) is 7.57. The third-order valence-corrected chi connectivity index (χ3v) is 4.04. The zero-order valence-electron chi connectivity index (χ0n) is 13.4. The number of nitro benzene ring substituents is 1. The Kier molecular flexibility index (Phi) is 5.59. The maximum absolute atomic E-state index is 11.8. The fraction of sp³-hybridized carbons (Fsp3) is 0.118. The summed E-state index contributed by atoms with van der Waals surface area (Å²) in [4.78, 5) is 22.1. The lowest BCUT2D eigenvalue weighted by Crippen LogP contribution is -2.07. The van der Waals surface area contributed by atoms with Gasteiger partial charge in [0.15, 0.2) is 0 Å². The molecule has 0 saturated heterocycles. The van der Waals surface area contributed by atoms with Crippen LogP contribution in [0.25, 0.3) is 11.5 Å². The van der Waals surface area contributed by atoms with Gasteiger partial charge in [0.25, 0.3) is 10.9 Å². The SMILES string of the molecule is O=C(OCCSc1nnc(-c2cccc([N+](=O)[O-])c2)o1)c1ccccc1. The van der Waals surface area contributed by atoms with Crippen LogP contribution in [0, 0.1) is 10.1 Å². The van der Waals surface area contributed by atoms with E-state index >= 15 is 0 Å². The molecule has 0 amide bonds. The average molecular weight is 371 g/mol. The number of nitrogens with zero attached hydrogens (tertiary/aromatic N) is 3. The van der Waals surface area contributed by atoms with E-state index < -0.39 is 10.9 Å². The smallest absolute Gasteiger partial charge is 0.338 e. The van der Waals surface area contributed by atoms with Crippen LogP contribution >= 0.6 is 11.8 Å². The lowest BCUT2D eigenvalue weighted by Gasteiger charge is -2.03. The Balaban J connectivity index is 1.52. The monoisotopic (exact) mass is 371 g/mol. The molecule has 0 fully saturated rings. The van der Waals surface area contributed by atoms with Crippen molar-refractivity contribution in [3.05, 3.63) is 70.3 Å². The van der Waals surface area contributed by atoms with E-state index in [0.717, 1.165) is 0 Å². The van der Waals surface area contributed by atoms with Crippen LogP contribution in [0.5, 0.6) is 0 Å². The first-order chi connectivity index (χ1) is 12.6. The first kappa shape index (κ1) is 17.6. The Hall–Kier alpha value is -3.20. The second-order valence-corrected chi connectivity index (χ2v) is 6.08. The lowest BCUT2D eigenvalue weighted by atomic mass is 10.2. The Labute approximate surface area is 152 Å². The van der Waals surface area contributed by atoms with E-state index in [1.807, 2.05) is 6.07 Å². The van der Waals surface area contributed by atoms with Crippen molar-refractivity contribution in [1.29, 1.82) is 0 Å². The predicted octanol–water partition coefficient (Wildman–Crippen LogP) is 3.59. The summed E-state index contributed by atoms with van der Waals surface area (Å²) in [5.41, 5.74) is 0.903. The minimum absolute atomic E-state index is 0.0530. The fourth-order valence-electron chi connectivity index (χ4n) is 2.06. The van der Waals surface area contributed by atoms with Crippen LogP contribution in [0.2, 0.25) is 0 Å². The number of thioether (sulfide) groups is 1. The molecule has 0 unspecified atom stereocenters. The number of ether oxygens (including phenoxy) is 1. The number of carbonyl (C=O) groups is 1. The highest BCUT2D eigenvalue weighted by atomic mass is 32.2. The molecule has 1 aromatic heterocycles. The van der Waals surface area contributed by atoms with Crippen molar-refractivity contribution in [2.75, 3.05) is 12.4 Å². The van der Waals surface area contributed by atoms with E-state index in [9.17, 15) is 14.9 Å². The summed E-state index contributed by atoms with van der Waals surface area (Å²) >= 11 is 1.23. The van der Waals surface area contributed by atoms with E-state index in [0.29, 0.717) is 22.1 Å². The van der Waals surface area contributed by atoms with Crippen LogP contribution in [0.3, 0.4) is 0 Å². The molecule has 0 atom stereocenters. The Bertz CT molecular complexity index is 914. The summed E-state index contributed by atoms with van der Waals surface area (Å²) in [5, 5.41) is 18.9. The summed E-state index contributed by atoms with van der Waals surface area (Å²) in [6.45, 7) is 0.187. The molecule has 8 nitrogen and oxygen atoms in total. The van der Waals surface area contributed by atoms with E-state index in [-0.39, 0.29) is 18.2 Å². The molecule has 1 heterocycles. The van der Waals surface area contributed by atoms with E-state index in [2.05, 4.69) is 10.2 Å². The number of non-ortho nitro benzene ring substituents is 1. The molecule has 3 rings (SSSR count). The quantitative estimate of drug-likeness (QED) is 0.204. The van der Waals surface area contributed by atoms with E-state index in [1.54, 1.807) is 36.4 Å². The Morgan fingerprint density at radius 2 is 1.96 bits per heavy atom. The molecule has 0 aliphatic carbocycles. The molecule has 0 saturated carbocycles. The van der Waals surface area contributed by atoms with Gasteiger partial charge in [0.1, 0.15) is 6.61 Å². The van der Waals surface area contributed by atoms with Gasteiger partial charge in [-0.2, -0.15) is 0 Å². The number of esters is 1. The molecule has 0 N–H and O–H groups in total. The average Bonchev–Trinajstić information content (AvgIpc) is 3.15. The fourth-order valence-corrected chi connectivity index (χ4v) is 2.64. The summed E-state index contributed by atoms with van der Waals surface area (Å²) in [6, 6.07) is 14.7. The molecule has 132 valence electrons. The largest absolute Gasteiger partial charge is 0.461 e. The number of rotatable bonds is 7. The highest BCUT2D eigenvalue weighted by Crippen LogP contribution is 2.25. The molecule has 0 aliphatic heterocycles. The van der Waals surface area contributed by atoms with Crippen molar-refractivity contribution >= 4 is 23.4 Å². The molecule has 0 spiro atoms. The highest BCUT2D eigenvalue weighted by Gasteiger charge is 2.13. The molecule has 3 aromatic rings. The normalized spacial score (nSPS) is 10.5. The van der Waals surface area contributed by atoms with Gasteiger partial charge in [-0.05, 0) is 18.2 Å². The Morgan fingerprint density at radius 1 is 1.15 bits per heavy atom. The van der Waals surface area contributed by atoms with Crippen molar-refractivity contribution in [3.63, 3.8) is 0 Å². The molecule has 2 aromatic carbocycles. The zero-order valence-corrected chi connectivity index (χ0v) is 14.2.